The monoisotopic (exact) mass is 352 g/mol. The van der Waals surface area contributed by atoms with Crippen LogP contribution >= 0.6 is 15.9 Å². The van der Waals surface area contributed by atoms with Crippen LogP contribution in [-0.2, 0) is 13.1 Å². The molecule has 0 saturated carbocycles. The van der Waals surface area contributed by atoms with Gasteiger partial charge in [-0.2, -0.15) is 5.10 Å². The summed E-state index contributed by atoms with van der Waals surface area (Å²) in [6.45, 7) is 6.77. The Morgan fingerprint density at radius 2 is 2.19 bits per heavy atom. The van der Waals surface area contributed by atoms with Crippen molar-refractivity contribution in [2.75, 3.05) is 13.7 Å². The molecule has 0 unspecified atom stereocenters. The number of rotatable bonds is 7. The summed E-state index contributed by atoms with van der Waals surface area (Å²) in [5.74, 6) is 2.40. The Hall–Kier alpha value is -1.40. The van der Waals surface area contributed by atoms with Crippen molar-refractivity contribution in [1.82, 2.24) is 20.1 Å². The van der Waals surface area contributed by atoms with Gasteiger partial charge >= 0.3 is 0 Å². The van der Waals surface area contributed by atoms with Crippen molar-refractivity contribution in [1.29, 1.82) is 0 Å². The minimum absolute atomic E-state index is 0.624. The van der Waals surface area contributed by atoms with E-state index in [4.69, 9.17) is 4.74 Å². The van der Waals surface area contributed by atoms with Gasteiger partial charge in [-0.1, -0.05) is 19.9 Å². The number of methoxy groups -OCH3 is 1. The molecule has 6 heteroatoms. The van der Waals surface area contributed by atoms with Crippen LogP contribution in [0.5, 0.6) is 5.75 Å². The van der Waals surface area contributed by atoms with Crippen molar-refractivity contribution in [2.45, 2.75) is 26.9 Å². The highest BCUT2D eigenvalue weighted by molar-refractivity contribution is 9.10. The lowest BCUT2D eigenvalue weighted by Crippen LogP contribution is -2.22. The topological polar surface area (TPSA) is 52.0 Å². The Kier molecular flexibility index (Phi) is 5.76. The van der Waals surface area contributed by atoms with E-state index in [2.05, 4.69) is 45.2 Å². The summed E-state index contributed by atoms with van der Waals surface area (Å²) in [5.41, 5.74) is 1.15. The molecule has 0 amide bonds. The maximum atomic E-state index is 5.24. The van der Waals surface area contributed by atoms with E-state index in [0.717, 1.165) is 34.7 Å². The van der Waals surface area contributed by atoms with Gasteiger partial charge < -0.3 is 10.1 Å². The highest BCUT2D eigenvalue weighted by atomic mass is 79.9. The standard InChI is InChI=1S/C15H21BrN4O/c1-11(2)7-17-8-15-18-10-19-20(15)9-12-4-5-14(21-3)13(16)6-12/h4-6,10-11,17H,7-9H2,1-3H3. The largest absolute Gasteiger partial charge is 0.496 e. The van der Waals surface area contributed by atoms with E-state index >= 15 is 0 Å². The van der Waals surface area contributed by atoms with Gasteiger partial charge in [-0.05, 0) is 46.1 Å². The molecule has 1 aromatic carbocycles. The predicted molar refractivity (Wildman–Crippen MR) is 86.4 cm³/mol. The zero-order chi connectivity index (χ0) is 15.2. The number of hydrogen-bond acceptors (Lipinski definition) is 4. The average molecular weight is 353 g/mol. The van der Waals surface area contributed by atoms with E-state index in [-0.39, 0.29) is 0 Å². The molecular formula is C15H21BrN4O. The first-order valence-electron chi connectivity index (χ1n) is 7.00. The van der Waals surface area contributed by atoms with Crippen LogP contribution in [-0.4, -0.2) is 28.4 Å². The number of benzene rings is 1. The van der Waals surface area contributed by atoms with Crippen molar-refractivity contribution < 1.29 is 4.74 Å². The van der Waals surface area contributed by atoms with Crippen LogP contribution in [0.1, 0.15) is 25.2 Å². The highest BCUT2D eigenvalue weighted by Crippen LogP contribution is 2.25. The molecular weight excluding hydrogens is 332 g/mol. The third kappa shape index (κ3) is 4.54. The quantitative estimate of drug-likeness (QED) is 0.832. The molecule has 1 aromatic heterocycles. The van der Waals surface area contributed by atoms with Crippen LogP contribution in [0.25, 0.3) is 0 Å². The number of aromatic nitrogens is 3. The van der Waals surface area contributed by atoms with Crippen molar-refractivity contribution >= 4 is 15.9 Å². The number of halogens is 1. The summed E-state index contributed by atoms with van der Waals surface area (Å²) in [6, 6.07) is 6.04. The molecule has 0 aliphatic rings. The molecule has 0 atom stereocenters. The van der Waals surface area contributed by atoms with E-state index in [0.29, 0.717) is 12.5 Å². The summed E-state index contributed by atoms with van der Waals surface area (Å²) in [4.78, 5) is 4.32. The predicted octanol–water partition coefficient (Wildman–Crippen LogP) is 2.84. The van der Waals surface area contributed by atoms with E-state index in [1.165, 1.54) is 0 Å². The van der Waals surface area contributed by atoms with Gasteiger partial charge in [0.1, 0.15) is 17.9 Å². The second-order valence-corrected chi connectivity index (χ2v) is 6.18. The fourth-order valence-electron chi connectivity index (χ4n) is 2.01. The third-order valence-corrected chi connectivity index (χ3v) is 3.70. The maximum Gasteiger partial charge on any atom is 0.141 e. The molecule has 0 spiro atoms. The number of hydrogen-bond donors (Lipinski definition) is 1. The van der Waals surface area contributed by atoms with Crippen molar-refractivity contribution in [3.8, 4) is 5.75 Å². The lowest BCUT2D eigenvalue weighted by atomic mass is 10.2. The first-order chi connectivity index (χ1) is 10.1. The minimum Gasteiger partial charge on any atom is -0.496 e. The Morgan fingerprint density at radius 1 is 1.38 bits per heavy atom. The normalized spacial score (nSPS) is 11.1. The second kappa shape index (κ2) is 7.56. The molecule has 1 N–H and O–H groups in total. The van der Waals surface area contributed by atoms with Crippen molar-refractivity contribution in [2.24, 2.45) is 5.92 Å². The molecule has 2 rings (SSSR count). The smallest absolute Gasteiger partial charge is 0.141 e. The molecule has 0 radical (unpaired) electrons. The van der Waals surface area contributed by atoms with Crippen LogP contribution in [0.3, 0.4) is 0 Å². The lowest BCUT2D eigenvalue weighted by molar-refractivity contribution is 0.412. The molecule has 0 saturated heterocycles. The fraction of sp³-hybridized carbons (Fsp3) is 0.467. The lowest BCUT2D eigenvalue weighted by Gasteiger charge is -2.10. The van der Waals surface area contributed by atoms with Gasteiger partial charge in [0, 0.05) is 0 Å². The average Bonchev–Trinajstić information content (AvgIpc) is 2.86. The summed E-state index contributed by atoms with van der Waals surface area (Å²) < 4.78 is 8.11. The molecule has 0 aliphatic heterocycles. The van der Waals surface area contributed by atoms with Gasteiger partial charge in [-0.25, -0.2) is 9.67 Å². The van der Waals surface area contributed by atoms with E-state index in [9.17, 15) is 0 Å². The molecule has 21 heavy (non-hydrogen) atoms. The van der Waals surface area contributed by atoms with Crippen LogP contribution in [0.15, 0.2) is 29.0 Å². The summed E-state index contributed by atoms with van der Waals surface area (Å²) in [7, 11) is 1.66. The Balaban J connectivity index is 2.03. The molecule has 2 aromatic rings. The van der Waals surface area contributed by atoms with Gasteiger partial charge in [-0.15, -0.1) is 0 Å². The minimum atomic E-state index is 0.624. The van der Waals surface area contributed by atoms with Gasteiger partial charge in [0.25, 0.3) is 0 Å². The zero-order valence-corrected chi connectivity index (χ0v) is 14.2. The first kappa shape index (κ1) is 16.0. The van der Waals surface area contributed by atoms with E-state index in [1.807, 2.05) is 22.9 Å². The van der Waals surface area contributed by atoms with Crippen LogP contribution < -0.4 is 10.1 Å². The third-order valence-electron chi connectivity index (χ3n) is 3.08. The van der Waals surface area contributed by atoms with Gasteiger partial charge in [0.05, 0.1) is 24.7 Å². The van der Waals surface area contributed by atoms with Crippen molar-refractivity contribution in [3.63, 3.8) is 0 Å². The number of nitrogens with one attached hydrogen (secondary N) is 1. The van der Waals surface area contributed by atoms with Gasteiger partial charge in [0.15, 0.2) is 0 Å². The molecule has 114 valence electrons. The maximum absolute atomic E-state index is 5.24. The molecule has 5 nitrogen and oxygen atoms in total. The summed E-state index contributed by atoms with van der Waals surface area (Å²) >= 11 is 3.51. The van der Waals surface area contributed by atoms with Gasteiger partial charge in [-0.3, -0.25) is 0 Å². The van der Waals surface area contributed by atoms with E-state index < -0.39 is 0 Å². The second-order valence-electron chi connectivity index (χ2n) is 5.33. The molecule has 0 fully saturated rings. The summed E-state index contributed by atoms with van der Waals surface area (Å²) in [6.07, 6.45) is 1.60. The number of nitrogens with zero attached hydrogens (tertiary/aromatic N) is 3. The van der Waals surface area contributed by atoms with Gasteiger partial charge in [0.2, 0.25) is 0 Å². The zero-order valence-electron chi connectivity index (χ0n) is 12.6. The first-order valence-corrected chi connectivity index (χ1v) is 7.79. The molecule has 0 aliphatic carbocycles. The van der Waals surface area contributed by atoms with Crippen LogP contribution in [0.4, 0.5) is 0 Å². The molecule has 0 bridgehead atoms. The van der Waals surface area contributed by atoms with Crippen molar-refractivity contribution in [3.05, 3.63) is 40.4 Å². The van der Waals surface area contributed by atoms with E-state index in [1.54, 1.807) is 13.4 Å². The SMILES string of the molecule is COc1ccc(Cn2ncnc2CNCC(C)C)cc1Br. The molecule has 1 heterocycles. The summed E-state index contributed by atoms with van der Waals surface area (Å²) in [5, 5.41) is 7.69. The fourth-order valence-corrected chi connectivity index (χ4v) is 2.60. The highest BCUT2D eigenvalue weighted by Gasteiger charge is 2.07. The Morgan fingerprint density at radius 3 is 2.86 bits per heavy atom. The number of ether oxygens (including phenoxy) is 1. The van der Waals surface area contributed by atoms with Crippen LogP contribution in [0.2, 0.25) is 0 Å². The van der Waals surface area contributed by atoms with Crippen LogP contribution in [0, 0.1) is 5.92 Å². The Labute approximate surface area is 133 Å². The Bertz CT molecular complexity index is 583.